The molecule has 162 valence electrons. The van der Waals surface area contributed by atoms with Crippen molar-refractivity contribution in [2.75, 3.05) is 6.54 Å². The molecular weight excluding hydrogens is 413 g/mol. The van der Waals surface area contributed by atoms with E-state index in [1.54, 1.807) is 0 Å². The summed E-state index contributed by atoms with van der Waals surface area (Å²) in [4.78, 5) is 27.1. The first-order valence-electron chi connectivity index (χ1n) is 10.1. The molecular formula is C24H20FN3O4. The maximum atomic E-state index is 14.2. The van der Waals surface area contributed by atoms with E-state index in [-0.39, 0.29) is 17.9 Å². The molecule has 0 aromatic heterocycles. The molecule has 2 aliphatic rings. The van der Waals surface area contributed by atoms with Gasteiger partial charge in [-0.05, 0) is 41.5 Å². The number of nitrogens with zero attached hydrogens (tertiary/aromatic N) is 1. The lowest BCUT2D eigenvalue weighted by Gasteiger charge is -2.37. The van der Waals surface area contributed by atoms with Gasteiger partial charge in [0.05, 0.1) is 24.4 Å². The zero-order chi connectivity index (χ0) is 22.5. The summed E-state index contributed by atoms with van der Waals surface area (Å²) in [7, 11) is 0. The number of carbonyl (C=O) groups is 2. The van der Waals surface area contributed by atoms with Crippen LogP contribution in [0.3, 0.4) is 0 Å². The van der Waals surface area contributed by atoms with Crippen LogP contribution in [0.2, 0.25) is 0 Å². The van der Waals surface area contributed by atoms with Gasteiger partial charge < -0.3 is 20.5 Å². The van der Waals surface area contributed by atoms with Crippen molar-refractivity contribution in [2.24, 2.45) is 0 Å². The molecule has 3 N–H and O–H groups in total. The smallest absolute Gasteiger partial charge is 0.327 e. The minimum atomic E-state index is -1.43. The van der Waals surface area contributed by atoms with Gasteiger partial charge in [0.25, 0.3) is 0 Å². The summed E-state index contributed by atoms with van der Waals surface area (Å²) < 4.78 is 19.6. The first-order valence-corrected chi connectivity index (χ1v) is 10.1. The Morgan fingerprint density at radius 3 is 2.84 bits per heavy atom. The minimum absolute atomic E-state index is 0.0197. The van der Waals surface area contributed by atoms with E-state index in [9.17, 15) is 19.1 Å². The highest BCUT2D eigenvalue weighted by atomic mass is 19.1. The fraction of sp³-hybridized carbons (Fsp3) is 0.167. The number of rotatable bonds is 2. The highest BCUT2D eigenvalue weighted by molar-refractivity contribution is 5.98. The molecule has 3 aromatic rings. The topological polar surface area (TPSA) is 90.9 Å². The molecule has 1 spiro atoms. The van der Waals surface area contributed by atoms with Crippen LogP contribution in [0.1, 0.15) is 24.1 Å². The molecule has 0 radical (unpaired) electrons. The molecule has 5 rings (SSSR count). The number of fused-ring (bicyclic) bond motifs is 3. The summed E-state index contributed by atoms with van der Waals surface area (Å²) in [6, 6.07) is 14.3. The number of hydrogen-bond acceptors (Lipinski definition) is 4. The molecule has 2 aliphatic heterocycles. The number of imide groups is 1. The summed E-state index contributed by atoms with van der Waals surface area (Å²) in [5.41, 5.74) is -0.521. The van der Waals surface area contributed by atoms with Crippen LogP contribution in [0.4, 0.5) is 14.0 Å². The second kappa shape index (κ2) is 7.26. The summed E-state index contributed by atoms with van der Waals surface area (Å²) in [5, 5.41) is 18.0. The number of nitrogens with one attached hydrogen (secondary N) is 2. The van der Waals surface area contributed by atoms with Crippen molar-refractivity contribution in [3.05, 3.63) is 83.9 Å². The van der Waals surface area contributed by atoms with Gasteiger partial charge in [-0.3, -0.25) is 0 Å². The van der Waals surface area contributed by atoms with E-state index in [0.29, 0.717) is 0 Å². The third-order valence-electron chi connectivity index (χ3n) is 6.01. The van der Waals surface area contributed by atoms with E-state index < -0.39 is 35.2 Å². The maximum absolute atomic E-state index is 14.2. The van der Waals surface area contributed by atoms with Gasteiger partial charge in [-0.25, -0.2) is 18.9 Å². The fourth-order valence-electron chi connectivity index (χ4n) is 4.48. The van der Waals surface area contributed by atoms with Crippen LogP contribution in [0, 0.1) is 5.82 Å². The van der Waals surface area contributed by atoms with Crippen LogP contribution >= 0.6 is 0 Å². The molecule has 2 heterocycles. The molecule has 4 amide bonds. The monoisotopic (exact) mass is 433 g/mol. The van der Waals surface area contributed by atoms with E-state index in [1.807, 2.05) is 49.4 Å². The number of carbonyl (C=O) groups excluding carboxylic acids is 2. The Bertz CT molecular complexity index is 1290. The Morgan fingerprint density at radius 1 is 1.22 bits per heavy atom. The second-order valence-corrected chi connectivity index (χ2v) is 7.85. The normalized spacial score (nSPS) is 20.1. The van der Waals surface area contributed by atoms with Crippen molar-refractivity contribution in [3.63, 3.8) is 0 Å². The fourth-order valence-corrected chi connectivity index (χ4v) is 4.48. The molecule has 1 fully saturated rings. The number of urea groups is 2. The Balaban J connectivity index is 1.52. The zero-order valence-electron chi connectivity index (χ0n) is 17.1. The van der Waals surface area contributed by atoms with Gasteiger partial charge in [-0.1, -0.05) is 42.5 Å². The highest BCUT2D eigenvalue weighted by Crippen LogP contribution is 2.47. The molecule has 0 unspecified atom stereocenters. The van der Waals surface area contributed by atoms with Crippen molar-refractivity contribution in [1.82, 2.24) is 15.5 Å². The van der Waals surface area contributed by atoms with Crippen LogP contribution in [0.25, 0.3) is 10.8 Å². The molecule has 8 heteroatoms. The van der Waals surface area contributed by atoms with Crippen LogP contribution in [-0.4, -0.2) is 28.6 Å². The molecule has 0 bridgehead atoms. The number of halogens is 1. The number of hydrogen-bond donors (Lipinski definition) is 3. The SMILES string of the molecule is C[C@@H](NC(=O)N1C(=O)NC[C@]12C=COc1ccc(F)c(O)c12)c1cccc2ccccc12. The average molecular weight is 433 g/mol. The van der Waals surface area contributed by atoms with Gasteiger partial charge in [0, 0.05) is 0 Å². The quantitative estimate of drug-likeness (QED) is 0.563. The number of benzene rings is 3. The van der Waals surface area contributed by atoms with Crippen molar-refractivity contribution < 1.29 is 23.8 Å². The van der Waals surface area contributed by atoms with Gasteiger partial charge in [0.15, 0.2) is 11.6 Å². The first kappa shape index (κ1) is 19.9. The number of aromatic hydroxyl groups is 1. The molecule has 0 aliphatic carbocycles. The van der Waals surface area contributed by atoms with E-state index in [2.05, 4.69) is 10.6 Å². The standard InChI is InChI=1S/C24H20FN3O4/c1-14(16-8-4-6-15-5-2-3-7-17(15)16)27-23(31)28-22(30)26-13-24(28)11-12-32-19-10-9-18(25)21(29)20(19)24/h2-12,14,29H,13H2,1H3,(H,26,30)(H,27,31)/t14-,24+/m1/s1. The van der Waals surface area contributed by atoms with Crippen molar-refractivity contribution in [1.29, 1.82) is 0 Å². The Hall–Kier alpha value is -4.07. The Kier molecular flexibility index (Phi) is 4.51. The predicted molar refractivity (Wildman–Crippen MR) is 116 cm³/mol. The lowest BCUT2D eigenvalue weighted by atomic mass is 9.86. The summed E-state index contributed by atoms with van der Waals surface area (Å²) in [6.07, 6.45) is 2.79. The predicted octanol–water partition coefficient (Wildman–Crippen LogP) is 4.28. The van der Waals surface area contributed by atoms with E-state index in [0.717, 1.165) is 27.3 Å². The molecule has 7 nitrogen and oxygen atoms in total. The summed E-state index contributed by atoms with van der Waals surface area (Å²) >= 11 is 0. The van der Waals surface area contributed by atoms with E-state index in [4.69, 9.17) is 4.74 Å². The number of phenolic OH excluding ortho intramolecular Hbond substituents is 1. The average Bonchev–Trinajstić information content (AvgIpc) is 3.11. The van der Waals surface area contributed by atoms with Crippen molar-refractivity contribution >= 4 is 22.8 Å². The highest BCUT2D eigenvalue weighted by Gasteiger charge is 2.53. The van der Waals surface area contributed by atoms with E-state index in [1.165, 1.54) is 18.4 Å². The molecule has 3 aromatic carbocycles. The maximum Gasteiger partial charge on any atom is 0.327 e. The third kappa shape index (κ3) is 2.87. The molecule has 0 saturated carbocycles. The van der Waals surface area contributed by atoms with Crippen LogP contribution in [0.5, 0.6) is 11.5 Å². The van der Waals surface area contributed by atoms with Crippen LogP contribution < -0.4 is 15.4 Å². The first-order chi connectivity index (χ1) is 15.4. The van der Waals surface area contributed by atoms with Crippen molar-refractivity contribution in [2.45, 2.75) is 18.5 Å². The zero-order valence-corrected chi connectivity index (χ0v) is 17.1. The molecule has 1 saturated heterocycles. The summed E-state index contributed by atoms with van der Waals surface area (Å²) in [6.45, 7) is 1.79. The molecule has 2 atom stereocenters. The summed E-state index contributed by atoms with van der Waals surface area (Å²) in [5.74, 6) is -1.36. The third-order valence-corrected chi connectivity index (χ3v) is 6.01. The largest absolute Gasteiger partial charge is 0.504 e. The number of phenols is 1. The van der Waals surface area contributed by atoms with Crippen LogP contribution in [0.15, 0.2) is 66.9 Å². The van der Waals surface area contributed by atoms with Gasteiger partial charge in [-0.15, -0.1) is 0 Å². The minimum Gasteiger partial charge on any atom is -0.504 e. The second-order valence-electron chi connectivity index (χ2n) is 7.85. The van der Waals surface area contributed by atoms with Gasteiger partial charge in [0.2, 0.25) is 0 Å². The number of ether oxygens (including phenoxy) is 1. The van der Waals surface area contributed by atoms with Gasteiger partial charge in [-0.2, -0.15) is 0 Å². The lowest BCUT2D eigenvalue weighted by Crippen LogP contribution is -2.52. The Morgan fingerprint density at radius 2 is 2.00 bits per heavy atom. The van der Waals surface area contributed by atoms with Gasteiger partial charge in [0.1, 0.15) is 11.3 Å². The number of amides is 4. The molecule has 32 heavy (non-hydrogen) atoms. The Labute approximate surface area is 183 Å². The van der Waals surface area contributed by atoms with E-state index >= 15 is 0 Å². The van der Waals surface area contributed by atoms with Crippen molar-refractivity contribution in [3.8, 4) is 11.5 Å². The lowest BCUT2D eigenvalue weighted by molar-refractivity contribution is 0.165. The van der Waals surface area contributed by atoms with Gasteiger partial charge >= 0.3 is 12.1 Å². The van der Waals surface area contributed by atoms with Crippen LogP contribution in [-0.2, 0) is 5.54 Å².